The topological polar surface area (TPSA) is 59.1 Å². The number of methoxy groups -OCH3 is 2. The lowest BCUT2D eigenvalue weighted by atomic mass is 10.2. The number of carbonyl (C=O) groups is 2. The van der Waals surface area contributed by atoms with Crippen LogP contribution in [0.25, 0.3) is 0 Å². The number of hydrogen-bond donors (Lipinski definition) is 0. The van der Waals surface area contributed by atoms with E-state index in [1.165, 1.54) is 18.4 Å². The molecule has 116 valence electrons. The van der Waals surface area contributed by atoms with Gasteiger partial charge in [0.2, 0.25) is 0 Å². The number of esters is 1. The fourth-order valence-corrected chi connectivity index (χ4v) is 3.04. The maximum absolute atomic E-state index is 12.3. The van der Waals surface area contributed by atoms with Crippen molar-refractivity contribution in [1.29, 1.82) is 0 Å². The van der Waals surface area contributed by atoms with Crippen LogP contribution in [-0.2, 0) is 9.53 Å². The number of thiophene rings is 1. The number of ether oxygens (including phenoxy) is 2. The number of piperazine rings is 1. The second-order valence-electron chi connectivity index (χ2n) is 4.81. The highest BCUT2D eigenvalue weighted by Gasteiger charge is 2.23. The van der Waals surface area contributed by atoms with Crippen molar-refractivity contribution in [3.63, 3.8) is 0 Å². The Bertz CT molecular complexity index is 495. The molecule has 0 unspecified atom stereocenters. The Balaban J connectivity index is 1.80. The summed E-state index contributed by atoms with van der Waals surface area (Å²) in [5.74, 6) is 0.579. The molecule has 2 rings (SSSR count). The quantitative estimate of drug-likeness (QED) is 0.762. The summed E-state index contributed by atoms with van der Waals surface area (Å²) >= 11 is 1.40. The van der Waals surface area contributed by atoms with Gasteiger partial charge in [0.25, 0.3) is 5.91 Å². The Hall–Kier alpha value is -1.60. The van der Waals surface area contributed by atoms with Gasteiger partial charge in [-0.25, -0.2) is 0 Å². The van der Waals surface area contributed by atoms with E-state index in [1.807, 2.05) is 10.3 Å². The molecular weight excluding hydrogens is 292 g/mol. The average Bonchev–Trinajstić information content (AvgIpc) is 3.01. The Morgan fingerprint density at radius 3 is 2.52 bits per heavy atom. The molecule has 21 heavy (non-hydrogen) atoms. The standard InChI is InChI=1S/C14H20N2O4S/c1-19-11-9-12(21-10-11)14(18)16-7-5-15(6-8-16)4-3-13(17)20-2/h9-10H,3-8H2,1-2H3. The lowest BCUT2D eigenvalue weighted by Crippen LogP contribution is -2.48. The van der Waals surface area contributed by atoms with Crippen LogP contribution in [0.1, 0.15) is 16.1 Å². The maximum Gasteiger partial charge on any atom is 0.306 e. The third-order valence-corrected chi connectivity index (χ3v) is 4.44. The summed E-state index contributed by atoms with van der Waals surface area (Å²) in [5, 5.41) is 1.83. The number of rotatable bonds is 5. The van der Waals surface area contributed by atoms with Gasteiger partial charge in [0, 0.05) is 44.2 Å². The Morgan fingerprint density at radius 2 is 1.95 bits per heavy atom. The van der Waals surface area contributed by atoms with Gasteiger partial charge in [-0.15, -0.1) is 11.3 Å². The molecule has 0 N–H and O–H groups in total. The van der Waals surface area contributed by atoms with Gasteiger partial charge in [0.15, 0.2) is 0 Å². The van der Waals surface area contributed by atoms with Crippen molar-refractivity contribution in [3.05, 3.63) is 16.3 Å². The van der Waals surface area contributed by atoms with Gasteiger partial charge >= 0.3 is 5.97 Å². The first kappa shape index (κ1) is 15.8. The van der Waals surface area contributed by atoms with E-state index in [1.54, 1.807) is 13.2 Å². The van der Waals surface area contributed by atoms with E-state index >= 15 is 0 Å². The summed E-state index contributed by atoms with van der Waals surface area (Å²) in [6.45, 7) is 3.61. The van der Waals surface area contributed by atoms with Gasteiger partial charge in [-0.05, 0) is 0 Å². The van der Waals surface area contributed by atoms with Crippen LogP contribution in [0.3, 0.4) is 0 Å². The fraction of sp³-hybridized carbons (Fsp3) is 0.571. The number of hydrogen-bond acceptors (Lipinski definition) is 6. The largest absolute Gasteiger partial charge is 0.496 e. The molecule has 0 radical (unpaired) electrons. The summed E-state index contributed by atoms with van der Waals surface area (Å²) in [4.78, 5) is 28.2. The number of nitrogens with zero attached hydrogens (tertiary/aromatic N) is 2. The monoisotopic (exact) mass is 312 g/mol. The van der Waals surface area contributed by atoms with Crippen molar-refractivity contribution < 1.29 is 19.1 Å². The van der Waals surface area contributed by atoms with E-state index < -0.39 is 0 Å². The summed E-state index contributed by atoms with van der Waals surface area (Å²) < 4.78 is 9.73. The van der Waals surface area contributed by atoms with Gasteiger partial charge in [0.05, 0.1) is 25.5 Å². The van der Waals surface area contributed by atoms with Gasteiger partial charge in [-0.2, -0.15) is 0 Å². The first-order valence-corrected chi connectivity index (χ1v) is 7.73. The Kier molecular flexibility index (Phi) is 5.58. The molecule has 1 amide bonds. The van der Waals surface area contributed by atoms with Crippen molar-refractivity contribution in [2.45, 2.75) is 6.42 Å². The highest BCUT2D eigenvalue weighted by Crippen LogP contribution is 2.23. The van der Waals surface area contributed by atoms with Crippen molar-refractivity contribution in [2.24, 2.45) is 0 Å². The zero-order valence-electron chi connectivity index (χ0n) is 12.3. The van der Waals surface area contributed by atoms with Crippen LogP contribution in [-0.4, -0.2) is 68.6 Å². The maximum atomic E-state index is 12.3. The molecule has 0 bridgehead atoms. The molecule has 1 fully saturated rings. The van der Waals surface area contributed by atoms with Crippen LogP contribution < -0.4 is 4.74 Å². The fourth-order valence-electron chi connectivity index (χ4n) is 2.22. The van der Waals surface area contributed by atoms with E-state index in [0.717, 1.165) is 18.8 Å². The molecule has 7 heteroatoms. The molecule has 1 aromatic heterocycles. The van der Waals surface area contributed by atoms with Crippen molar-refractivity contribution in [2.75, 3.05) is 46.9 Å². The minimum absolute atomic E-state index is 0.0518. The van der Waals surface area contributed by atoms with E-state index in [-0.39, 0.29) is 11.9 Å². The lowest BCUT2D eigenvalue weighted by molar-refractivity contribution is -0.141. The number of carbonyl (C=O) groups excluding carboxylic acids is 2. The summed E-state index contributed by atoms with van der Waals surface area (Å²) in [6, 6.07) is 1.77. The molecule has 0 spiro atoms. The normalized spacial score (nSPS) is 15.8. The lowest BCUT2D eigenvalue weighted by Gasteiger charge is -2.34. The smallest absolute Gasteiger partial charge is 0.306 e. The number of amides is 1. The zero-order valence-corrected chi connectivity index (χ0v) is 13.1. The van der Waals surface area contributed by atoms with Crippen molar-refractivity contribution >= 4 is 23.2 Å². The second kappa shape index (κ2) is 7.42. The summed E-state index contributed by atoms with van der Waals surface area (Å²) in [7, 11) is 2.99. The van der Waals surface area contributed by atoms with Gasteiger partial charge in [-0.3, -0.25) is 14.5 Å². The predicted octanol–water partition coefficient (Wildman–Crippen LogP) is 1.08. The molecule has 1 aromatic rings. The molecule has 0 aliphatic carbocycles. The van der Waals surface area contributed by atoms with Crippen molar-refractivity contribution in [3.8, 4) is 5.75 Å². The first-order chi connectivity index (χ1) is 10.1. The minimum atomic E-state index is -0.195. The molecule has 1 saturated heterocycles. The Labute approximate surface area is 128 Å². The van der Waals surface area contributed by atoms with Gasteiger partial charge in [0.1, 0.15) is 5.75 Å². The van der Waals surface area contributed by atoms with Crippen LogP contribution in [0.2, 0.25) is 0 Å². The summed E-state index contributed by atoms with van der Waals surface area (Å²) in [5.41, 5.74) is 0. The molecule has 2 heterocycles. The van der Waals surface area contributed by atoms with E-state index in [2.05, 4.69) is 9.64 Å². The molecule has 0 saturated carbocycles. The highest BCUT2D eigenvalue weighted by atomic mass is 32.1. The third-order valence-electron chi connectivity index (χ3n) is 3.54. The van der Waals surface area contributed by atoms with E-state index in [4.69, 9.17) is 4.74 Å². The van der Waals surface area contributed by atoms with Crippen LogP contribution >= 0.6 is 11.3 Å². The molecule has 0 atom stereocenters. The van der Waals surface area contributed by atoms with Crippen molar-refractivity contribution in [1.82, 2.24) is 9.80 Å². The minimum Gasteiger partial charge on any atom is -0.496 e. The van der Waals surface area contributed by atoms with Crippen LogP contribution in [0.15, 0.2) is 11.4 Å². The highest BCUT2D eigenvalue weighted by molar-refractivity contribution is 7.12. The average molecular weight is 312 g/mol. The van der Waals surface area contributed by atoms with Gasteiger partial charge < -0.3 is 14.4 Å². The van der Waals surface area contributed by atoms with Crippen LogP contribution in [0, 0.1) is 0 Å². The van der Waals surface area contributed by atoms with E-state index in [9.17, 15) is 9.59 Å². The molecule has 6 nitrogen and oxygen atoms in total. The van der Waals surface area contributed by atoms with Crippen LogP contribution in [0.5, 0.6) is 5.75 Å². The first-order valence-electron chi connectivity index (χ1n) is 6.85. The SMILES string of the molecule is COC(=O)CCN1CCN(C(=O)c2cc(OC)cs2)CC1. The molecule has 0 aromatic carbocycles. The zero-order chi connectivity index (χ0) is 15.2. The van der Waals surface area contributed by atoms with Crippen LogP contribution in [0.4, 0.5) is 0 Å². The van der Waals surface area contributed by atoms with Gasteiger partial charge in [-0.1, -0.05) is 0 Å². The molecule has 1 aliphatic heterocycles. The molecular formula is C14H20N2O4S. The second-order valence-corrected chi connectivity index (χ2v) is 5.72. The predicted molar refractivity (Wildman–Crippen MR) is 79.8 cm³/mol. The third kappa shape index (κ3) is 4.18. The Morgan fingerprint density at radius 1 is 1.24 bits per heavy atom. The molecule has 1 aliphatic rings. The van der Waals surface area contributed by atoms with E-state index in [0.29, 0.717) is 30.9 Å². The summed E-state index contributed by atoms with van der Waals surface area (Å²) in [6.07, 6.45) is 0.395.